The summed E-state index contributed by atoms with van der Waals surface area (Å²) in [4.78, 5) is 0. The molecule has 0 saturated heterocycles. The van der Waals surface area contributed by atoms with Crippen molar-refractivity contribution in [1.82, 2.24) is 0 Å². The highest BCUT2D eigenvalue weighted by molar-refractivity contribution is 5.87. The first-order valence-electron chi connectivity index (χ1n) is 12.8. The van der Waals surface area contributed by atoms with E-state index < -0.39 is 0 Å². The summed E-state index contributed by atoms with van der Waals surface area (Å²) in [5.74, 6) is 1.33. The van der Waals surface area contributed by atoms with Gasteiger partial charge in [-0.3, -0.25) is 0 Å². The van der Waals surface area contributed by atoms with Crippen molar-refractivity contribution >= 4 is 5.57 Å². The molecule has 0 bridgehead atoms. The predicted octanol–water partition coefficient (Wildman–Crippen LogP) is 9.32. The zero-order valence-corrected chi connectivity index (χ0v) is 21.0. The Labute approximate surface area is 195 Å². The molecule has 168 valence electrons. The Morgan fingerprint density at radius 2 is 1.38 bits per heavy atom. The number of hydrogen-bond acceptors (Lipinski definition) is 0. The lowest BCUT2D eigenvalue weighted by molar-refractivity contribution is 0.330. The van der Waals surface area contributed by atoms with E-state index in [2.05, 4.69) is 90.1 Å². The van der Waals surface area contributed by atoms with Gasteiger partial charge in [-0.2, -0.15) is 0 Å². The molecule has 1 atom stereocenters. The molecule has 32 heavy (non-hydrogen) atoms. The Balaban J connectivity index is 1.79. The van der Waals surface area contributed by atoms with Gasteiger partial charge in [-0.25, -0.2) is 0 Å². The van der Waals surface area contributed by atoms with Crippen LogP contribution in [0.3, 0.4) is 0 Å². The van der Waals surface area contributed by atoms with Crippen LogP contribution < -0.4 is 0 Å². The zero-order valence-electron chi connectivity index (χ0n) is 21.0. The van der Waals surface area contributed by atoms with Crippen LogP contribution in [-0.4, -0.2) is 0 Å². The summed E-state index contributed by atoms with van der Waals surface area (Å²) >= 11 is 0. The van der Waals surface area contributed by atoms with E-state index in [9.17, 15) is 0 Å². The van der Waals surface area contributed by atoms with Crippen molar-refractivity contribution in [3.8, 4) is 11.1 Å². The first-order valence-corrected chi connectivity index (χ1v) is 12.8. The molecule has 0 heterocycles. The summed E-state index contributed by atoms with van der Waals surface area (Å²) in [5, 5.41) is 0. The summed E-state index contributed by atoms with van der Waals surface area (Å²) in [6, 6.07) is 12.5. The quantitative estimate of drug-likeness (QED) is 0.450. The van der Waals surface area contributed by atoms with E-state index in [-0.39, 0.29) is 10.8 Å². The maximum Gasteiger partial charge on any atom is 0.0136 e. The van der Waals surface area contributed by atoms with Gasteiger partial charge < -0.3 is 0 Å². The van der Waals surface area contributed by atoms with Gasteiger partial charge in [0.1, 0.15) is 0 Å². The maximum absolute atomic E-state index is 2.55. The van der Waals surface area contributed by atoms with E-state index in [0.29, 0.717) is 5.92 Å². The van der Waals surface area contributed by atoms with Crippen LogP contribution in [0.4, 0.5) is 0 Å². The zero-order chi connectivity index (χ0) is 22.7. The Hall–Kier alpha value is -2.08. The Kier molecular flexibility index (Phi) is 5.27. The predicted molar refractivity (Wildman–Crippen MR) is 139 cm³/mol. The van der Waals surface area contributed by atoms with Crippen LogP contribution in [0, 0.1) is 5.92 Å². The fourth-order valence-corrected chi connectivity index (χ4v) is 6.20. The first-order chi connectivity index (χ1) is 15.1. The summed E-state index contributed by atoms with van der Waals surface area (Å²) in [5.41, 5.74) is 12.5. The third kappa shape index (κ3) is 3.70. The van der Waals surface area contributed by atoms with Crippen LogP contribution >= 0.6 is 0 Å². The Morgan fingerprint density at radius 1 is 0.719 bits per heavy atom. The molecule has 0 radical (unpaired) electrons. The molecular weight excluding hydrogens is 384 g/mol. The lowest BCUT2D eigenvalue weighted by atomic mass is 9.73. The number of fused-ring (bicyclic) bond motifs is 3. The average molecular weight is 425 g/mol. The highest BCUT2D eigenvalue weighted by Crippen LogP contribution is 2.55. The summed E-state index contributed by atoms with van der Waals surface area (Å²) in [6.45, 7) is 14.1. The van der Waals surface area contributed by atoms with Gasteiger partial charge in [-0.15, -0.1) is 0 Å². The minimum Gasteiger partial charge on any atom is -0.0801 e. The van der Waals surface area contributed by atoms with Crippen molar-refractivity contribution in [2.45, 2.75) is 96.8 Å². The molecule has 3 aliphatic rings. The second-order valence-corrected chi connectivity index (χ2v) is 12.5. The van der Waals surface area contributed by atoms with Crippen LogP contribution in [0.2, 0.25) is 0 Å². The molecule has 0 N–H and O–H groups in total. The highest BCUT2D eigenvalue weighted by atomic mass is 14.4. The average Bonchev–Trinajstić information content (AvgIpc) is 3.38. The van der Waals surface area contributed by atoms with E-state index in [1.807, 2.05) is 0 Å². The van der Waals surface area contributed by atoms with E-state index >= 15 is 0 Å². The summed E-state index contributed by atoms with van der Waals surface area (Å²) in [7, 11) is 0. The van der Waals surface area contributed by atoms with Crippen LogP contribution in [0.15, 0.2) is 48.6 Å². The second kappa shape index (κ2) is 7.75. The lowest BCUT2D eigenvalue weighted by Crippen LogP contribution is -2.18. The topological polar surface area (TPSA) is 0 Å². The molecule has 1 fully saturated rings. The maximum atomic E-state index is 2.55. The van der Waals surface area contributed by atoms with Crippen molar-refractivity contribution in [2.24, 2.45) is 5.92 Å². The molecule has 0 nitrogen and oxygen atoms in total. The fourth-order valence-electron chi connectivity index (χ4n) is 6.20. The monoisotopic (exact) mass is 424 g/mol. The van der Waals surface area contributed by atoms with Crippen LogP contribution in [0.1, 0.15) is 114 Å². The lowest BCUT2D eigenvalue weighted by Gasteiger charge is -2.31. The smallest absolute Gasteiger partial charge is 0.0136 e. The number of allylic oxidation sites excluding steroid dienone is 4. The SMILES string of the molecule is CC(C)(C)c1ccc2c(c1)-c1cc(C(C)(C)C)cc(C3=CC=CC3)c1C2C1CCCCC1. The Bertz CT molecular complexity index is 1090. The molecular formula is C32H40. The first kappa shape index (κ1) is 21.7. The van der Waals surface area contributed by atoms with Gasteiger partial charge >= 0.3 is 0 Å². The van der Waals surface area contributed by atoms with Crippen molar-refractivity contribution in [2.75, 3.05) is 0 Å². The minimum absolute atomic E-state index is 0.140. The van der Waals surface area contributed by atoms with E-state index in [1.165, 1.54) is 65.5 Å². The highest BCUT2D eigenvalue weighted by Gasteiger charge is 2.38. The van der Waals surface area contributed by atoms with Crippen LogP contribution in [-0.2, 0) is 10.8 Å². The number of benzene rings is 2. The molecule has 0 amide bonds. The standard InChI is InChI=1S/C32H40/c1-31(2,3)23-16-17-25-27(18-23)28-20-24(32(4,5)6)19-26(21-12-10-11-13-21)30(28)29(25)22-14-8-7-9-15-22/h10-12,16-20,22,29H,7-9,13-15H2,1-6H3. The van der Waals surface area contributed by atoms with Crippen LogP contribution in [0.5, 0.6) is 0 Å². The van der Waals surface area contributed by atoms with Crippen LogP contribution in [0.25, 0.3) is 16.7 Å². The van der Waals surface area contributed by atoms with Gasteiger partial charge in [0.05, 0.1) is 0 Å². The molecule has 0 aromatic heterocycles. The van der Waals surface area contributed by atoms with E-state index in [0.717, 1.165) is 12.3 Å². The molecule has 1 unspecified atom stereocenters. The molecule has 2 aromatic rings. The fraction of sp³-hybridized carbons (Fsp3) is 0.500. The van der Waals surface area contributed by atoms with E-state index in [1.54, 1.807) is 11.1 Å². The van der Waals surface area contributed by atoms with Crippen molar-refractivity contribution < 1.29 is 0 Å². The van der Waals surface area contributed by atoms with Gasteiger partial charge in [0.15, 0.2) is 0 Å². The molecule has 0 aliphatic heterocycles. The number of hydrogen-bond donors (Lipinski definition) is 0. The van der Waals surface area contributed by atoms with Crippen molar-refractivity contribution in [1.29, 1.82) is 0 Å². The van der Waals surface area contributed by atoms with Gasteiger partial charge in [-0.1, -0.05) is 109 Å². The van der Waals surface area contributed by atoms with Gasteiger partial charge in [-0.05, 0) is 80.5 Å². The molecule has 1 saturated carbocycles. The minimum atomic E-state index is 0.140. The number of rotatable bonds is 2. The molecule has 2 aromatic carbocycles. The van der Waals surface area contributed by atoms with Crippen molar-refractivity contribution in [3.05, 3.63) is 76.4 Å². The summed E-state index contributed by atoms with van der Waals surface area (Å²) in [6.07, 6.45) is 15.0. The third-order valence-electron chi connectivity index (χ3n) is 8.14. The van der Waals surface area contributed by atoms with E-state index in [4.69, 9.17) is 0 Å². The molecule has 0 spiro atoms. The van der Waals surface area contributed by atoms with Crippen molar-refractivity contribution in [3.63, 3.8) is 0 Å². The second-order valence-electron chi connectivity index (χ2n) is 12.5. The van der Waals surface area contributed by atoms with Gasteiger partial charge in [0.25, 0.3) is 0 Å². The van der Waals surface area contributed by atoms with Gasteiger partial charge in [0.2, 0.25) is 0 Å². The largest absolute Gasteiger partial charge is 0.0801 e. The van der Waals surface area contributed by atoms with Gasteiger partial charge in [0, 0.05) is 5.92 Å². The molecule has 3 aliphatic carbocycles. The molecule has 0 heteroatoms. The Morgan fingerprint density at radius 3 is 2.00 bits per heavy atom. The third-order valence-corrected chi connectivity index (χ3v) is 8.14. The summed E-state index contributed by atoms with van der Waals surface area (Å²) < 4.78 is 0. The normalized spacial score (nSPS) is 20.9. The molecule has 5 rings (SSSR count).